The van der Waals surface area contributed by atoms with E-state index in [1.54, 1.807) is 16.7 Å². The lowest BCUT2D eigenvalue weighted by Gasteiger charge is -2.29. The third-order valence-corrected chi connectivity index (χ3v) is 5.66. The van der Waals surface area contributed by atoms with Gasteiger partial charge in [-0.1, -0.05) is 0 Å². The average Bonchev–Trinajstić information content (AvgIpc) is 3.02. The van der Waals surface area contributed by atoms with Gasteiger partial charge in [0, 0.05) is 17.7 Å². The summed E-state index contributed by atoms with van der Waals surface area (Å²) in [6.07, 6.45) is 1.16. The predicted molar refractivity (Wildman–Crippen MR) is 82.7 cm³/mol. The number of carbonyl (C=O) groups is 3. The molecule has 0 aliphatic carbocycles. The van der Waals surface area contributed by atoms with Crippen LogP contribution in [0.1, 0.15) is 30.1 Å². The molecule has 0 saturated carbocycles. The van der Waals surface area contributed by atoms with Crippen molar-refractivity contribution in [2.45, 2.75) is 30.7 Å². The van der Waals surface area contributed by atoms with Gasteiger partial charge in [-0.3, -0.25) is 25.2 Å². The van der Waals surface area contributed by atoms with Gasteiger partial charge in [0.15, 0.2) is 0 Å². The van der Waals surface area contributed by atoms with Crippen molar-refractivity contribution in [1.82, 2.24) is 15.8 Å². The Morgan fingerprint density at radius 2 is 2.00 bits per heavy atom. The molecule has 0 radical (unpaired) electrons. The zero-order valence-corrected chi connectivity index (χ0v) is 13.3. The Bertz CT molecular complexity index is 666. The van der Waals surface area contributed by atoms with Crippen molar-refractivity contribution in [2.75, 3.05) is 5.75 Å². The van der Waals surface area contributed by atoms with E-state index in [2.05, 4.69) is 10.9 Å². The average molecular weight is 337 g/mol. The van der Waals surface area contributed by atoms with Crippen molar-refractivity contribution in [3.63, 3.8) is 0 Å². The first-order valence-electron chi connectivity index (χ1n) is 7.22. The molecule has 2 aliphatic rings. The molecule has 0 unspecified atom stereocenters. The number of halogens is 1. The van der Waals surface area contributed by atoms with Crippen LogP contribution in [0.25, 0.3) is 0 Å². The van der Waals surface area contributed by atoms with E-state index < -0.39 is 23.7 Å². The minimum atomic E-state index is -0.589. The van der Waals surface area contributed by atoms with Crippen LogP contribution in [0.5, 0.6) is 0 Å². The lowest BCUT2D eigenvalue weighted by molar-refractivity contribution is -0.138. The highest BCUT2D eigenvalue weighted by molar-refractivity contribution is 8.01. The van der Waals surface area contributed by atoms with Crippen LogP contribution in [0.15, 0.2) is 24.3 Å². The van der Waals surface area contributed by atoms with E-state index in [0.717, 1.165) is 6.42 Å². The smallest absolute Gasteiger partial charge is 0.269 e. The molecule has 3 rings (SSSR count). The summed E-state index contributed by atoms with van der Waals surface area (Å²) in [5, 5.41) is 0. The molecule has 2 aliphatic heterocycles. The van der Waals surface area contributed by atoms with Crippen LogP contribution in [0.3, 0.4) is 0 Å². The fraction of sp³-hybridized carbons (Fsp3) is 0.400. The Kier molecular flexibility index (Phi) is 4.01. The Hall–Kier alpha value is -2.09. The molecule has 6 nitrogen and oxygen atoms in total. The second-order valence-corrected chi connectivity index (χ2v) is 7.22. The van der Waals surface area contributed by atoms with Gasteiger partial charge in [-0.15, -0.1) is 11.8 Å². The summed E-state index contributed by atoms with van der Waals surface area (Å²) in [5.74, 6) is -0.949. The molecule has 2 heterocycles. The van der Waals surface area contributed by atoms with Crippen molar-refractivity contribution >= 4 is 29.5 Å². The van der Waals surface area contributed by atoms with Crippen LogP contribution in [0, 0.1) is 5.82 Å². The molecule has 0 bridgehead atoms. The molecule has 8 heteroatoms. The predicted octanol–water partition coefficient (Wildman–Crippen LogP) is 1.04. The van der Waals surface area contributed by atoms with Crippen LogP contribution < -0.4 is 10.9 Å². The molecule has 0 aromatic heterocycles. The van der Waals surface area contributed by atoms with Crippen LogP contribution in [0.2, 0.25) is 0 Å². The molecule has 1 aromatic carbocycles. The quantitative estimate of drug-likeness (QED) is 0.791. The Morgan fingerprint density at radius 3 is 2.70 bits per heavy atom. The first kappa shape index (κ1) is 15.8. The van der Waals surface area contributed by atoms with E-state index in [0.29, 0.717) is 12.2 Å². The summed E-state index contributed by atoms with van der Waals surface area (Å²) >= 11 is 1.58. The molecular formula is C15H16FN3O3S. The lowest BCUT2D eigenvalue weighted by atomic mass is 10.2. The van der Waals surface area contributed by atoms with Crippen molar-refractivity contribution in [2.24, 2.45) is 0 Å². The summed E-state index contributed by atoms with van der Waals surface area (Å²) in [7, 11) is 0. The van der Waals surface area contributed by atoms with Gasteiger partial charge in [0.25, 0.3) is 11.8 Å². The molecular weight excluding hydrogens is 321 g/mol. The largest absolute Gasteiger partial charge is 0.315 e. The molecule has 122 valence electrons. The number of fused-ring (bicyclic) bond motifs is 1. The summed E-state index contributed by atoms with van der Waals surface area (Å²) in [4.78, 5) is 37.4. The topological polar surface area (TPSA) is 78.5 Å². The lowest BCUT2D eigenvalue weighted by Crippen LogP contribution is -2.54. The summed E-state index contributed by atoms with van der Waals surface area (Å²) in [5.41, 5.74) is 4.87. The maximum absolute atomic E-state index is 12.8. The van der Waals surface area contributed by atoms with E-state index >= 15 is 0 Å². The number of hydrogen-bond acceptors (Lipinski definition) is 4. The minimum Gasteiger partial charge on any atom is -0.315 e. The fourth-order valence-corrected chi connectivity index (χ4v) is 4.32. The third-order valence-electron chi connectivity index (χ3n) is 4.15. The van der Waals surface area contributed by atoms with Gasteiger partial charge in [-0.05, 0) is 37.6 Å². The number of rotatable bonds is 2. The first-order chi connectivity index (χ1) is 10.9. The van der Waals surface area contributed by atoms with Crippen molar-refractivity contribution in [3.8, 4) is 0 Å². The standard InChI is InChI=1S/C15H16FN3O3S/c1-15-7-6-12(20)19(15)11(8-23-15)14(22)18-17-13(21)9-2-4-10(16)5-3-9/h2-5,11H,6-8H2,1H3,(H,17,21)(H,18,22)/t11-,15-/m0/s1. The highest BCUT2D eigenvalue weighted by atomic mass is 32.2. The van der Waals surface area contributed by atoms with E-state index in [-0.39, 0.29) is 16.3 Å². The highest BCUT2D eigenvalue weighted by Gasteiger charge is 2.52. The maximum atomic E-state index is 12.8. The number of hydrogen-bond donors (Lipinski definition) is 2. The van der Waals surface area contributed by atoms with E-state index in [1.807, 2.05) is 6.92 Å². The molecule has 2 N–H and O–H groups in total. The zero-order valence-electron chi connectivity index (χ0n) is 12.5. The molecule has 2 saturated heterocycles. The summed E-state index contributed by atoms with van der Waals surface area (Å²) in [6, 6.07) is 4.39. The number of carbonyl (C=O) groups excluding carboxylic acids is 3. The van der Waals surface area contributed by atoms with Crippen molar-refractivity contribution < 1.29 is 18.8 Å². The molecule has 1 aromatic rings. The van der Waals surface area contributed by atoms with Gasteiger partial charge in [0.1, 0.15) is 11.9 Å². The number of thioether (sulfide) groups is 1. The maximum Gasteiger partial charge on any atom is 0.269 e. The van der Waals surface area contributed by atoms with Crippen LogP contribution in [-0.2, 0) is 9.59 Å². The third kappa shape index (κ3) is 2.90. The highest BCUT2D eigenvalue weighted by Crippen LogP contribution is 2.47. The minimum absolute atomic E-state index is 0.0393. The van der Waals surface area contributed by atoms with Gasteiger partial charge in [0.05, 0.1) is 4.87 Å². The second-order valence-electron chi connectivity index (χ2n) is 5.72. The summed E-state index contributed by atoms with van der Waals surface area (Å²) in [6.45, 7) is 1.95. The fourth-order valence-electron chi connectivity index (χ4n) is 2.89. The van der Waals surface area contributed by atoms with Gasteiger partial charge in [0.2, 0.25) is 5.91 Å². The van der Waals surface area contributed by atoms with Crippen molar-refractivity contribution in [3.05, 3.63) is 35.6 Å². The molecule has 3 amide bonds. The van der Waals surface area contributed by atoms with Gasteiger partial charge in [-0.2, -0.15) is 0 Å². The van der Waals surface area contributed by atoms with Gasteiger partial charge in [-0.25, -0.2) is 4.39 Å². The van der Waals surface area contributed by atoms with Gasteiger partial charge >= 0.3 is 0 Å². The zero-order chi connectivity index (χ0) is 16.6. The first-order valence-corrected chi connectivity index (χ1v) is 8.21. The number of nitrogens with zero attached hydrogens (tertiary/aromatic N) is 1. The normalized spacial score (nSPS) is 26.1. The Balaban J connectivity index is 1.60. The van der Waals surface area contributed by atoms with Crippen LogP contribution >= 0.6 is 11.8 Å². The number of amides is 3. The summed E-state index contributed by atoms with van der Waals surface area (Å²) < 4.78 is 12.8. The number of benzene rings is 1. The molecule has 2 atom stereocenters. The Morgan fingerprint density at radius 1 is 1.30 bits per heavy atom. The monoisotopic (exact) mass is 337 g/mol. The molecule has 2 fully saturated rings. The molecule has 23 heavy (non-hydrogen) atoms. The number of hydrazine groups is 1. The van der Waals surface area contributed by atoms with Crippen LogP contribution in [-0.4, -0.2) is 39.3 Å². The van der Waals surface area contributed by atoms with Gasteiger partial charge < -0.3 is 4.90 Å². The SMILES string of the molecule is C[C@]12CCC(=O)N1[C@H](C(=O)NNC(=O)c1ccc(F)cc1)CS2. The Labute approximate surface area is 136 Å². The van der Waals surface area contributed by atoms with Crippen LogP contribution in [0.4, 0.5) is 4.39 Å². The second kappa shape index (κ2) is 5.84. The van der Waals surface area contributed by atoms with Crippen molar-refractivity contribution in [1.29, 1.82) is 0 Å². The molecule has 0 spiro atoms. The van der Waals surface area contributed by atoms with E-state index in [4.69, 9.17) is 0 Å². The van der Waals surface area contributed by atoms with E-state index in [9.17, 15) is 18.8 Å². The number of nitrogens with one attached hydrogen (secondary N) is 2. The van der Waals surface area contributed by atoms with E-state index in [1.165, 1.54) is 24.3 Å².